The average Bonchev–Trinajstić information content (AvgIpc) is 3.14. The number of aryl methyl sites for hydroxylation is 2. The third-order valence-electron chi connectivity index (χ3n) is 5.94. The topological polar surface area (TPSA) is 72.5 Å². The van der Waals surface area contributed by atoms with Crippen molar-refractivity contribution < 1.29 is 14.3 Å². The molecule has 0 saturated heterocycles. The Balaban J connectivity index is 1.86. The Hall–Kier alpha value is -3.84. The summed E-state index contributed by atoms with van der Waals surface area (Å²) >= 11 is 1.56. The van der Waals surface area contributed by atoms with Crippen LogP contribution >= 0.6 is 11.3 Å². The van der Waals surface area contributed by atoms with E-state index in [0.717, 1.165) is 37.9 Å². The SMILES string of the molecule is COc1cccc(C(Nc2cc(C)ccn2)c2c(NC(=O)c3ccccc3)sc(C)c2C)c1OC. The molecule has 2 N–H and O–H groups in total. The normalized spacial score (nSPS) is 11.6. The van der Waals surface area contributed by atoms with Gasteiger partial charge in [0.15, 0.2) is 11.5 Å². The van der Waals surface area contributed by atoms with Gasteiger partial charge in [0.1, 0.15) is 10.8 Å². The van der Waals surface area contributed by atoms with Gasteiger partial charge in [-0.1, -0.05) is 30.3 Å². The Kier molecular flexibility index (Phi) is 7.36. The van der Waals surface area contributed by atoms with Crippen LogP contribution in [-0.2, 0) is 0 Å². The summed E-state index contributed by atoms with van der Waals surface area (Å²) in [4.78, 5) is 18.7. The maximum absolute atomic E-state index is 13.1. The van der Waals surface area contributed by atoms with E-state index in [1.54, 1.807) is 43.9 Å². The quantitative estimate of drug-likeness (QED) is 0.295. The van der Waals surface area contributed by atoms with Crippen LogP contribution in [0.1, 0.15) is 43.5 Å². The molecule has 2 heterocycles. The van der Waals surface area contributed by atoms with Crippen LogP contribution < -0.4 is 20.1 Å². The Morgan fingerprint density at radius 2 is 1.74 bits per heavy atom. The molecule has 0 aliphatic carbocycles. The second-order valence-electron chi connectivity index (χ2n) is 8.22. The van der Waals surface area contributed by atoms with Gasteiger partial charge in [-0.25, -0.2) is 4.98 Å². The van der Waals surface area contributed by atoms with Gasteiger partial charge in [-0.3, -0.25) is 4.79 Å². The smallest absolute Gasteiger partial charge is 0.256 e. The van der Waals surface area contributed by atoms with Crippen LogP contribution in [0, 0.1) is 20.8 Å². The molecule has 6 nitrogen and oxygen atoms in total. The van der Waals surface area contributed by atoms with Crippen molar-refractivity contribution >= 4 is 28.1 Å². The van der Waals surface area contributed by atoms with Gasteiger partial charge in [0, 0.05) is 27.8 Å². The minimum absolute atomic E-state index is 0.155. The zero-order valence-electron chi connectivity index (χ0n) is 20.5. The first kappa shape index (κ1) is 24.3. The molecule has 1 amide bonds. The van der Waals surface area contributed by atoms with Gasteiger partial charge < -0.3 is 20.1 Å². The van der Waals surface area contributed by atoms with E-state index in [2.05, 4.69) is 29.5 Å². The van der Waals surface area contributed by atoms with E-state index in [1.165, 1.54) is 0 Å². The molecule has 1 atom stereocenters. The largest absolute Gasteiger partial charge is 0.493 e. The molecule has 0 bridgehead atoms. The van der Waals surface area contributed by atoms with Crippen molar-refractivity contribution in [2.45, 2.75) is 26.8 Å². The van der Waals surface area contributed by atoms with Gasteiger partial charge in [0.05, 0.1) is 20.3 Å². The second-order valence-corrected chi connectivity index (χ2v) is 9.45. The summed E-state index contributed by atoms with van der Waals surface area (Å²) in [6, 6.07) is 18.6. The number of nitrogens with one attached hydrogen (secondary N) is 2. The number of ether oxygens (including phenoxy) is 2. The van der Waals surface area contributed by atoms with E-state index in [1.807, 2.05) is 55.5 Å². The van der Waals surface area contributed by atoms with Crippen LogP contribution in [0.4, 0.5) is 10.8 Å². The fraction of sp³-hybridized carbons (Fsp3) is 0.214. The number of carbonyl (C=O) groups is 1. The summed E-state index contributed by atoms with van der Waals surface area (Å²) in [5.41, 5.74) is 4.63. The zero-order valence-corrected chi connectivity index (χ0v) is 21.3. The Labute approximate surface area is 210 Å². The predicted molar refractivity (Wildman–Crippen MR) is 142 cm³/mol. The second kappa shape index (κ2) is 10.6. The van der Waals surface area contributed by atoms with Crippen molar-refractivity contribution in [3.63, 3.8) is 0 Å². The van der Waals surface area contributed by atoms with Crippen molar-refractivity contribution in [3.8, 4) is 11.5 Å². The third-order valence-corrected chi connectivity index (χ3v) is 7.07. The van der Waals surface area contributed by atoms with Crippen molar-refractivity contribution in [2.24, 2.45) is 0 Å². The summed E-state index contributed by atoms with van der Waals surface area (Å²) in [6.07, 6.45) is 1.78. The third kappa shape index (κ3) is 5.15. The molecule has 0 saturated carbocycles. The standard InChI is InChI=1S/C28H29N3O3S/c1-17-14-15-29-23(16-17)30-25(21-12-9-13-22(33-4)26(21)34-5)24-18(2)19(3)35-28(24)31-27(32)20-10-7-6-8-11-20/h6-16,25H,1-5H3,(H,29,30)(H,31,32). The minimum Gasteiger partial charge on any atom is -0.493 e. The van der Waals surface area contributed by atoms with E-state index in [-0.39, 0.29) is 11.9 Å². The monoisotopic (exact) mass is 487 g/mol. The van der Waals surface area contributed by atoms with E-state index >= 15 is 0 Å². The molecule has 0 aliphatic rings. The van der Waals surface area contributed by atoms with Crippen molar-refractivity contribution in [1.82, 2.24) is 4.98 Å². The van der Waals surface area contributed by atoms with Crippen LogP contribution in [-0.4, -0.2) is 25.1 Å². The van der Waals surface area contributed by atoms with Crippen LogP contribution in [0.2, 0.25) is 0 Å². The molecule has 1 unspecified atom stereocenters. The number of hydrogen-bond acceptors (Lipinski definition) is 6. The lowest BCUT2D eigenvalue weighted by atomic mass is 9.95. The molecule has 0 spiro atoms. The van der Waals surface area contributed by atoms with Crippen LogP contribution in [0.5, 0.6) is 11.5 Å². The maximum atomic E-state index is 13.1. The fourth-order valence-corrected chi connectivity index (χ4v) is 5.15. The molecular formula is C28H29N3O3S. The highest BCUT2D eigenvalue weighted by atomic mass is 32.1. The van der Waals surface area contributed by atoms with Gasteiger partial charge in [-0.2, -0.15) is 0 Å². The van der Waals surface area contributed by atoms with Gasteiger partial charge in [-0.05, 0) is 62.2 Å². The lowest BCUT2D eigenvalue weighted by Gasteiger charge is -2.25. The highest BCUT2D eigenvalue weighted by Crippen LogP contribution is 2.45. The number of rotatable bonds is 8. The van der Waals surface area contributed by atoms with Gasteiger partial charge in [0.2, 0.25) is 0 Å². The number of pyridine rings is 1. The molecular weight excluding hydrogens is 458 g/mol. The number of methoxy groups -OCH3 is 2. The number of hydrogen-bond donors (Lipinski definition) is 2. The van der Waals surface area contributed by atoms with E-state index in [4.69, 9.17) is 9.47 Å². The lowest BCUT2D eigenvalue weighted by Crippen LogP contribution is -2.18. The molecule has 180 valence electrons. The summed E-state index contributed by atoms with van der Waals surface area (Å²) in [5.74, 6) is 1.83. The number of para-hydroxylation sites is 1. The summed E-state index contributed by atoms with van der Waals surface area (Å²) in [7, 11) is 3.25. The maximum Gasteiger partial charge on any atom is 0.256 e. The molecule has 2 aromatic heterocycles. The average molecular weight is 488 g/mol. The lowest BCUT2D eigenvalue weighted by molar-refractivity contribution is 0.102. The summed E-state index contributed by atoms with van der Waals surface area (Å²) in [6.45, 7) is 6.16. The summed E-state index contributed by atoms with van der Waals surface area (Å²) < 4.78 is 11.4. The highest BCUT2D eigenvalue weighted by Gasteiger charge is 2.28. The van der Waals surface area contributed by atoms with Crippen molar-refractivity contribution in [2.75, 3.05) is 24.9 Å². The first-order valence-electron chi connectivity index (χ1n) is 11.3. The molecule has 0 fully saturated rings. The first-order valence-corrected chi connectivity index (χ1v) is 12.1. The molecule has 7 heteroatoms. The van der Waals surface area contributed by atoms with Gasteiger partial charge in [0.25, 0.3) is 5.91 Å². The number of carbonyl (C=O) groups excluding carboxylic acids is 1. The van der Waals surface area contributed by atoms with Gasteiger partial charge in [-0.15, -0.1) is 11.3 Å². The summed E-state index contributed by atoms with van der Waals surface area (Å²) in [5, 5.41) is 7.53. The molecule has 0 aliphatic heterocycles. The van der Waals surface area contributed by atoms with Crippen LogP contribution in [0.3, 0.4) is 0 Å². The predicted octanol–water partition coefficient (Wildman–Crippen LogP) is 6.54. The zero-order chi connectivity index (χ0) is 24.9. The van der Waals surface area contributed by atoms with Gasteiger partial charge >= 0.3 is 0 Å². The van der Waals surface area contributed by atoms with E-state index in [9.17, 15) is 4.79 Å². The number of amides is 1. The Morgan fingerprint density at radius 1 is 0.971 bits per heavy atom. The highest BCUT2D eigenvalue weighted by molar-refractivity contribution is 7.16. The van der Waals surface area contributed by atoms with Crippen molar-refractivity contribution in [3.05, 3.63) is 99.6 Å². The number of nitrogens with zero attached hydrogens (tertiary/aromatic N) is 1. The van der Waals surface area contributed by atoms with Crippen LogP contribution in [0.25, 0.3) is 0 Å². The van der Waals surface area contributed by atoms with E-state index in [0.29, 0.717) is 17.1 Å². The Bertz CT molecular complexity index is 1330. The molecule has 4 aromatic rings. The first-order chi connectivity index (χ1) is 16.9. The molecule has 4 rings (SSSR count). The van der Waals surface area contributed by atoms with E-state index < -0.39 is 0 Å². The number of aromatic nitrogens is 1. The molecule has 35 heavy (non-hydrogen) atoms. The minimum atomic E-state index is -0.356. The number of anilines is 2. The Morgan fingerprint density at radius 3 is 2.43 bits per heavy atom. The number of thiophene rings is 1. The molecule has 0 radical (unpaired) electrons. The van der Waals surface area contributed by atoms with Crippen LogP contribution in [0.15, 0.2) is 66.9 Å². The molecule has 2 aromatic carbocycles. The fourth-order valence-electron chi connectivity index (χ4n) is 4.06. The number of benzene rings is 2. The van der Waals surface area contributed by atoms with Crippen molar-refractivity contribution in [1.29, 1.82) is 0 Å².